The van der Waals surface area contributed by atoms with Gasteiger partial charge in [0, 0.05) is 48.4 Å². The summed E-state index contributed by atoms with van der Waals surface area (Å²) < 4.78 is 35.7. The van der Waals surface area contributed by atoms with Gasteiger partial charge < -0.3 is 9.73 Å². The highest BCUT2D eigenvalue weighted by Crippen LogP contribution is 2.43. The predicted molar refractivity (Wildman–Crippen MR) is 109 cm³/mol. The van der Waals surface area contributed by atoms with Crippen LogP contribution in [0.3, 0.4) is 0 Å². The molecule has 0 radical (unpaired) electrons. The van der Waals surface area contributed by atoms with Gasteiger partial charge in [-0.25, -0.2) is 8.78 Å². The van der Waals surface area contributed by atoms with Gasteiger partial charge in [0.05, 0.1) is 10.9 Å². The quantitative estimate of drug-likeness (QED) is 0.456. The molecule has 0 saturated carbocycles. The van der Waals surface area contributed by atoms with Gasteiger partial charge in [-0.05, 0) is 49.2 Å². The lowest BCUT2D eigenvalue weighted by Gasteiger charge is -2.18. The van der Waals surface area contributed by atoms with E-state index in [1.165, 1.54) is 18.2 Å². The Hall–Kier alpha value is -3.21. The third-order valence-corrected chi connectivity index (χ3v) is 5.11. The molecule has 1 aliphatic carbocycles. The monoisotopic (exact) mass is 378 g/mol. The van der Waals surface area contributed by atoms with Crippen molar-refractivity contribution < 1.29 is 13.2 Å². The van der Waals surface area contributed by atoms with E-state index in [0.717, 1.165) is 22.2 Å². The maximum Gasteiger partial charge on any atom is 0.137 e. The SMILES string of the molecule is CN=c1cc2oc3cc(NC)c(C)cc3c(-c3c(F)cccc3F)c-2cc1C. The molecule has 4 rings (SSSR count). The fraction of sp³-hybridized carbons (Fsp3) is 0.174. The topological polar surface area (TPSA) is 37.5 Å². The van der Waals surface area contributed by atoms with Crippen LogP contribution in [0.4, 0.5) is 14.5 Å². The highest BCUT2D eigenvalue weighted by molar-refractivity contribution is 6.03. The highest BCUT2D eigenvalue weighted by atomic mass is 19.1. The van der Waals surface area contributed by atoms with Crippen molar-refractivity contribution in [3.63, 3.8) is 0 Å². The molecule has 0 aromatic heterocycles. The van der Waals surface area contributed by atoms with Crippen LogP contribution < -0.4 is 10.7 Å². The van der Waals surface area contributed by atoms with E-state index in [1.54, 1.807) is 7.05 Å². The first kappa shape index (κ1) is 18.2. The first-order valence-corrected chi connectivity index (χ1v) is 9.01. The molecule has 0 atom stereocenters. The fourth-order valence-electron chi connectivity index (χ4n) is 3.70. The number of anilines is 1. The first-order chi connectivity index (χ1) is 13.4. The van der Waals surface area contributed by atoms with Gasteiger partial charge in [0.1, 0.15) is 23.0 Å². The van der Waals surface area contributed by atoms with E-state index in [4.69, 9.17) is 4.42 Å². The van der Waals surface area contributed by atoms with E-state index in [2.05, 4.69) is 10.3 Å². The Kier molecular flexibility index (Phi) is 4.38. The number of hydrogen-bond donors (Lipinski definition) is 1. The Balaban J connectivity index is 2.27. The van der Waals surface area contributed by atoms with Crippen molar-refractivity contribution in [1.82, 2.24) is 0 Å². The van der Waals surface area contributed by atoms with Crippen LogP contribution in [0.25, 0.3) is 33.4 Å². The maximum atomic E-state index is 14.8. The molecular formula is C23H20F2N2O. The highest BCUT2D eigenvalue weighted by Gasteiger charge is 2.23. The summed E-state index contributed by atoms with van der Waals surface area (Å²) >= 11 is 0. The summed E-state index contributed by atoms with van der Waals surface area (Å²) in [6.45, 7) is 3.87. The summed E-state index contributed by atoms with van der Waals surface area (Å²) in [5.41, 5.74) is 4.39. The zero-order chi connectivity index (χ0) is 20.0. The molecule has 2 aliphatic rings. The summed E-state index contributed by atoms with van der Waals surface area (Å²) in [6.07, 6.45) is 0. The van der Waals surface area contributed by atoms with Gasteiger partial charge in [-0.3, -0.25) is 4.99 Å². The van der Waals surface area contributed by atoms with Gasteiger partial charge in [-0.15, -0.1) is 0 Å². The summed E-state index contributed by atoms with van der Waals surface area (Å²) in [6, 6.07) is 11.4. The van der Waals surface area contributed by atoms with Crippen molar-refractivity contribution in [3.8, 4) is 22.5 Å². The lowest BCUT2D eigenvalue weighted by atomic mass is 9.91. The van der Waals surface area contributed by atoms with Gasteiger partial charge >= 0.3 is 0 Å². The second-order valence-corrected chi connectivity index (χ2v) is 6.85. The Morgan fingerprint density at radius 1 is 0.929 bits per heavy atom. The van der Waals surface area contributed by atoms with Gasteiger partial charge in [-0.2, -0.15) is 0 Å². The van der Waals surface area contributed by atoms with Crippen LogP contribution in [0.2, 0.25) is 0 Å². The van der Waals surface area contributed by atoms with E-state index in [9.17, 15) is 8.78 Å². The van der Waals surface area contributed by atoms with Crippen molar-refractivity contribution in [2.24, 2.45) is 4.99 Å². The van der Waals surface area contributed by atoms with Crippen LogP contribution in [0.5, 0.6) is 0 Å². The molecule has 0 amide bonds. The second kappa shape index (κ2) is 6.75. The van der Waals surface area contributed by atoms with Crippen molar-refractivity contribution >= 4 is 16.7 Å². The van der Waals surface area contributed by atoms with Crippen molar-refractivity contribution in [3.05, 3.63) is 70.6 Å². The number of rotatable bonds is 2. The molecule has 5 heteroatoms. The van der Waals surface area contributed by atoms with Crippen LogP contribution in [0, 0.1) is 25.5 Å². The van der Waals surface area contributed by atoms with Gasteiger partial charge in [0.15, 0.2) is 0 Å². The Morgan fingerprint density at radius 3 is 2.29 bits per heavy atom. The standard InChI is InChI=1S/C23H20F2N2O/c1-12-8-14-20(10-18(12)26-3)28-21-11-19(27-4)13(2)9-15(21)22(14)23-16(24)6-5-7-17(23)25/h5-11,26H,1-4H3. The van der Waals surface area contributed by atoms with Crippen LogP contribution in [0.1, 0.15) is 11.1 Å². The second-order valence-electron chi connectivity index (χ2n) is 6.85. The molecule has 28 heavy (non-hydrogen) atoms. The Labute approximate surface area is 161 Å². The average Bonchev–Trinajstić information content (AvgIpc) is 2.67. The minimum atomic E-state index is -0.606. The zero-order valence-corrected chi connectivity index (χ0v) is 16.2. The van der Waals surface area contributed by atoms with Crippen LogP contribution in [-0.2, 0) is 0 Å². The molecule has 0 saturated heterocycles. The third kappa shape index (κ3) is 2.74. The minimum absolute atomic E-state index is 0.0505. The van der Waals surface area contributed by atoms with Gasteiger partial charge in [-0.1, -0.05) is 6.07 Å². The summed E-state index contributed by atoms with van der Waals surface area (Å²) in [5, 5.41) is 4.56. The van der Waals surface area contributed by atoms with Crippen LogP contribution >= 0.6 is 0 Å². The first-order valence-electron chi connectivity index (χ1n) is 9.01. The minimum Gasteiger partial charge on any atom is -0.456 e. The lowest BCUT2D eigenvalue weighted by Crippen LogP contribution is -2.08. The predicted octanol–water partition coefficient (Wildman–Crippen LogP) is 5.67. The molecule has 0 bridgehead atoms. The number of hydrogen-bond acceptors (Lipinski definition) is 3. The Morgan fingerprint density at radius 2 is 1.64 bits per heavy atom. The molecule has 0 unspecified atom stereocenters. The van der Waals surface area contributed by atoms with E-state index in [0.29, 0.717) is 27.9 Å². The average molecular weight is 378 g/mol. The number of nitrogens with one attached hydrogen (secondary N) is 1. The molecule has 0 spiro atoms. The van der Waals surface area contributed by atoms with E-state index in [1.807, 2.05) is 45.2 Å². The molecule has 1 N–H and O–H groups in total. The van der Waals surface area contributed by atoms with E-state index < -0.39 is 11.6 Å². The third-order valence-electron chi connectivity index (χ3n) is 5.11. The molecule has 0 fully saturated rings. The molecule has 3 nitrogen and oxygen atoms in total. The molecule has 2 aromatic carbocycles. The maximum absolute atomic E-state index is 14.8. The van der Waals surface area contributed by atoms with Crippen LogP contribution in [0.15, 0.2) is 51.9 Å². The van der Waals surface area contributed by atoms with E-state index in [-0.39, 0.29) is 5.56 Å². The van der Waals surface area contributed by atoms with Crippen molar-refractivity contribution in [2.75, 3.05) is 19.4 Å². The van der Waals surface area contributed by atoms with Gasteiger partial charge in [0.25, 0.3) is 0 Å². The zero-order valence-electron chi connectivity index (χ0n) is 16.2. The molecule has 1 aliphatic heterocycles. The normalized spacial score (nSPS) is 12.1. The molecular weight excluding hydrogens is 358 g/mol. The largest absolute Gasteiger partial charge is 0.456 e. The number of aryl methyl sites for hydroxylation is 2. The fourth-order valence-corrected chi connectivity index (χ4v) is 3.70. The molecule has 2 aromatic rings. The molecule has 1 heterocycles. The van der Waals surface area contributed by atoms with Crippen molar-refractivity contribution in [1.29, 1.82) is 0 Å². The number of fused-ring (bicyclic) bond motifs is 2. The van der Waals surface area contributed by atoms with Gasteiger partial charge in [0.2, 0.25) is 0 Å². The van der Waals surface area contributed by atoms with Crippen LogP contribution in [-0.4, -0.2) is 14.1 Å². The van der Waals surface area contributed by atoms with Crippen molar-refractivity contribution in [2.45, 2.75) is 13.8 Å². The summed E-state index contributed by atoms with van der Waals surface area (Å²) in [7, 11) is 3.53. The smallest absolute Gasteiger partial charge is 0.137 e. The molecule has 142 valence electrons. The summed E-state index contributed by atoms with van der Waals surface area (Å²) in [4.78, 5) is 4.27. The number of nitrogens with zero attached hydrogens (tertiary/aromatic N) is 1. The van der Waals surface area contributed by atoms with E-state index >= 15 is 0 Å². The summed E-state index contributed by atoms with van der Waals surface area (Å²) in [5.74, 6) is -0.681. The Bertz CT molecular complexity index is 1240. The lowest BCUT2D eigenvalue weighted by molar-refractivity contribution is 0.588. The number of halogens is 2. The number of benzene rings is 3.